The van der Waals surface area contributed by atoms with Gasteiger partial charge in [0.15, 0.2) is 0 Å². The van der Waals surface area contributed by atoms with Gasteiger partial charge >= 0.3 is 0 Å². The Hall–Kier alpha value is -3.67. The second-order valence-electron chi connectivity index (χ2n) is 6.41. The van der Waals surface area contributed by atoms with Crippen molar-refractivity contribution in [3.8, 4) is 0 Å². The molecule has 0 aliphatic heterocycles. The molecular formula is C21H19N5O. The molecule has 6 heteroatoms. The van der Waals surface area contributed by atoms with E-state index < -0.39 is 0 Å². The number of carbonyl (C=O) groups excluding carboxylic acids is 1. The molecule has 0 radical (unpaired) electrons. The first kappa shape index (κ1) is 16.8. The Morgan fingerprint density at radius 2 is 1.59 bits per heavy atom. The van der Waals surface area contributed by atoms with Crippen molar-refractivity contribution in [3.63, 3.8) is 0 Å². The van der Waals surface area contributed by atoms with Crippen molar-refractivity contribution in [2.75, 3.05) is 10.6 Å². The van der Waals surface area contributed by atoms with Crippen molar-refractivity contribution in [1.29, 1.82) is 0 Å². The lowest BCUT2D eigenvalue weighted by Gasteiger charge is -2.08. The van der Waals surface area contributed by atoms with Crippen molar-refractivity contribution in [2.24, 2.45) is 0 Å². The van der Waals surface area contributed by atoms with Crippen LogP contribution >= 0.6 is 0 Å². The first-order chi connectivity index (χ1) is 13.1. The van der Waals surface area contributed by atoms with Crippen LogP contribution in [0.1, 0.15) is 21.7 Å². The Bertz CT molecular complexity index is 1090. The molecule has 2 heterocycles. The Balaban J connectivity index is 1.46. The topological polar surface area (TPSA) is 82.7 Å². The minimum atomic E-state index is -0.157. The second kappa shape index (κ2) is 6.92. The van der Waals surface area contributed by atoms with Gasteiger partial charge < -0.3 is 15.6 Å². The molecule has 0 aliphatic rings. The average molecular weight is 357 g/mol. The summed E-state index contributed by atoms with van der Waals surface area (Å²) >= 11 is 0. The van der Waals surface area contributed by atoms with E-state index in [0.717, 1.165) is 33.7 Å². The van der Waals surface area contributed by atoms with Gasteiger partial charge in [-0.05, 0) is 67.8 Å². The zero-order chi connectivity index (χ0) is 18.8. The van der Waals surface area contributed by atoms with E-state index in [4.69, 9.17) is 0 Å². The summed E-state index contributed by atoms with van der Waals surface area (Å²) in [6.07, 6.45) is 1.88. The summed E-state index contributed by atoms with van der Waals surface area (Å²) in [6.45, 7) is 3.86. The fourth-order valence-electron chi connectivity index (χ4n) is 2.94. The molecular weight excluding hydrogens is 338 g/mol. The van der Waals surface area contributed by atoms with E-state index in [9.17, 15) is 4.79 Å². The van der Waals surface area contributed by atoms with Gasteiger partial charge in [-0.25, -0.2) is 9.97 Å². The molecule has 2 aromatic carbocycles. The number of hydrogen-bond donors (Lipinski definition) is 3. The summed E-state index contributed by atoms with van der Waals surface area (Å²) in [5, 5.41) is 7.19. The normalized spacial score (nSPS) is 10.7. The molecule has 1 amide bonds. The standard InChI is InChI=1S/C21H19N5O/c1-13-11-14(2)24-21(23-13)26-17-6-4-16(5-7-17)20(27)25-18-8-3-15-9-10-22-19(15)12-18/h3-12,22H,1-2H3,(H,25,27)(H,23,24,26). The lowest BCUT2D eigenvalue weighted by Crippen LogP contribution is -2.11. The molecule has 3 N–H and O–H groups in total. The molecule has 4 rings (SSSR count). The van der Waals surface area contributed by atoms with Crippen LogP contribution in [0.5, 0.6) is 0 Å². The first-order valence-electron chi connectivity index (χ1n) is 8.65. The summed E-state index contributed by atoms with van der Waals surface area (Å²) in [6, 6.07) is 16.9. The van der Waals surface area contributed by atoms with Gasteiger partial charge in [-0.1, -0.05) is 6.07 Å². The number of aromatic amines is 1. The van der Waals surface area contributed by atoms with Crippen LogP contribution < -0.4 is 10.6 Å². The number of H-pyrrole nitrogens is 1. The van der Waals surface area contributed by atoms with Gasteiger partial charge in [0.1, 0.15) is 0 Å². The van der Waals surface area contributed by atoms with E-state index in [1.165, 1.54) is 0 Å². The van der Waals surface area contributed by atoms with Crippen molar-refractivity contribution in [2.45, 2.75) is 13.8 Å². The molecule has 0 bridgehead atoms. The number of aryl methyl sites for hydroxylation is 2. The van der Waals surface area contributed by atoms with E-state index in [1.807, 2.05) is 62.5 Å². The smallest absolute Gasteiger partial charge is 0.255 e. The predicted molar refractivity (Wildman–Crippen MR) is 107 cm³/mol. The van der Waals surface area contributed by atoms with Crippen LogP contribution in [-0.4, -0.2) is 20.9 Å². The highest BCUT2D eigenvalue weighted by Gasteiger charge is 2.08. The molecule has 134 valence electrons. The maximum atomic E-state index is 12.5. The van der Waals surface area contributed by atoms with Crippen LogP contribution in [-0.2, 0) is 0 Å². The fourth-order valence-corrected chi connectivity index (χ4v) is 2.94. The number of amides is 1. The van der Waals surface area contributed by atoms with Gasteiger partial charge in [-0.3, -0.25) is 4.79 Å². The third kappa shape index (κ3) is 3.79. The predicted octanol–water partition coefficient (Wildman–Crippen LogP) is 4.57. The maximum Gasteiger partial charge on any atom is 0.255 e. The number of fused-ring (bicyclic) bond motifs is 1. The van der Waals surface area contributed by atoms with E-state index in [0.29, 0.717) is 11.5 Å². The minimum Gasteiger partial charge on any atom is -0.361 e. The van der Waals surface area contributed by atoms with Gasteiger partial charge in [-0.2, -0.15) is 0 Å². The molecule has 0 spiro atoms. The van der Waals surface area contributed by atoms with Crippen LogP contribution in [0.25, 0.3) is 10.9 Å². The van der Waals surface area contributed by atoms with E-state index in [2.05, 4.69) is 25.6 Å². The summed E-state index contributed by atoms with van der Waals surface area (Å²) in [5.41, 5.74) is 4.94. The molecule has 6 nitrogen and oxygen atoms in total. The van der Waals surface area contributed by atoms with Crippen LogP contribution in [0, 0.1) is 13.8 Å². The highest BCUT2D eigenvalue weighted by molar-refractivity contribution is 6.05. The highest BCUT2D eigenvalue weighted by atomic mass is 16.1. The number of benzene rings is 2. The molecule has 0 saturated carbocycles. The monoisotopic (exact) mass is 357 g/mol. The van der Waals surface area contributed by atoms with E-state index in [1.54, 1.807) is 12.1 Å². The second-order valence-corrected chi connectivity index (χ2v) is 6.41. The first-order valence-corrected chi connectivity index (χ1v) is 8.65. The van der Waals surface area contributed by atoms with Gasteiger partial charge in [0.25, 0.3) is 5.91 Å². The third-order valence-electron chi connectivity index (χ3n) is 4.20. The lowest BCUT2D eigenvalue weighted by atomic mass is 10.2. The molecule has 2 aromatic heterocycles. The van der Waals surface area contributed by atoms with Crippen molar-refractivity contribution in [1.82, 2.24) is 15.0 Å². The Labute approximate surface area is 156 Å². The molecule has 0 saturated heterocycles. The average Bonchev–Trinajstić information content (AvgIpc) is 3.09. The van der Waals surface area contributed by atoms with Crippen molar-refractivity contribution >= 4 is 34.1 Å². The summed E-state index contributed by atoms with van der Waals surface area (Å²) in [7, 11) is 0. The van der Waals surface area contributed by atoms with E-state index in [-0.39, 0.29) is 5.91 Å². The van der Waals surface area contributed by atoms with Gasteiger partial charge in [-0.15, -0.1) is 0 Å². The third-order valence-corrected chi connectivity index (χ3v) is 4.20. The zero-order valence-corrected chi connectivity index (χ0v) is 15.1. The number of carbonyl (C=O) groups is 1. The summed E-state index contributed by atoms with van der Waals surface area (Å²) in [4.78, 5) is 24.3. The number of anilines is 3. The quantitative estimate of drug-likeness (QED) is 0.500. The van der Waals surface area contributed by atoms with Gasteiger partial charge in [0.05, 0.1) is 0 Å². The van der Waals surface area contributed by atoms with Crippen LogP contribution in [0.2, 0.25) is 0 Å². The molecule has 0 atom stereocenters. The number of hydrogen-bond acceptors (Lipinski definition) is 4. The number of rotatable bonds is 4. The SMILES string of the molecule is Cc1cc(C)nc(Nc2ccc(C(=O)Nc3ccc4cc[nH]c4c3)cc2)n1. The summed E-state index contributed by atoms with van der Waals surface area (Å²) in [5.74, 6) is 0.388. The van der Waals surface area contributed by atoms with Crippen molar-refractivity contribution in [3.05, 3.63) is 77.7 Å². The number of aromatic nitrogens is 3. The van der Waals surface area contributed by atoms with E-state index >= 15 is 0 Å². The Kier molecular flexibility index (Phi) is 4.30. The van der Waals surface area contributed by atoms with Gasteiger partial charge in [0.2, 0.25) is 5.95 Å². The molecule has 0 fully saturated rings. The van der Waals surface area contributed by atoms with Gasteiger partial charge in [0, 0.05) is 40.0 Å². The largest absolute Gasteiger partial charge is 0.361 e. The molecule has 4 aromatic rings. The van der Waals surface area contributed by atoms with Crippen molar-refractivity contribution < 1.29 is 4.79 Å². The minimum absolute atomic E-state index is 0.157. The fraction of sp³-hybridized carbons (Fsp3) is 0.0952. The van der Waals surface area contributed by atoms with Crippen LogP contribution in [0.15, 0.2) is 60.8 Å². The van der Waals surface area contributed by atoms with Crippen LogP contribution in [0.3, 0.4) is 0 Å². The number of nitrogens with one attached hydrogen (secondary N) is 3. The Morgan fingerprint density at radius 1 is 0.889 bits per heavy atom. The lowest BCUT2D eigenvalue weighted by molar-refractivity contribution is 0.102. The maximum absolute atomic E-state index is 12.5. The zero-order valence-electron chi connectivity index (χ0n) is 15.1. The molecule has 0 aliphatic carbocycles. The van der Waals surface area contributed by atoms with Crippen LogP contribution in [0.4, 0.5) is 17.3 Å². The Morgan fingerprint density at radius 3 is 2.33 bits per heavy atom. The molecule has 0 unspecified atom stereocenters. The number of nitrogens with zero attached hydrogens (tertiary/aromatic N) is 2. The summed E-state index contributed by atoms with van der Waals surface area (Å²) < 4.78 is 0. The highest BCUT2D eigenvalue weighted by Crippen LogP contribution is 2.19. The molecule has 27 heavy (non-hydrogen) atoms.